The van der Waals surface area contributed by atoms with E-state index in [-0.39, 0.29) is 5.60 Å². The van der Waals surface area contributed by atoms with Gasteiger partial charge in [-0.25, -0.2) is 0 Å². The maximum Gasteiger partial charge on any atom is 0.0940 e. The fourth-order valence-corrected chi connectivity index (χ4v) is 3.16. The molecule has 1 atom stereocenters. The van der Waals surface area contributed by atoms with E-state index in [1.54, 1.807) is 7.11 Å². The van der Waals surface area contributed by atoms with E-state index < -0.39 is 6.10 Å². The standard InChI is InChI=1S/C15H26N2O2/c1-11-5-7-15(19-4,8-6-11)14(18)10-13-9-12(2)16-17(13)3/h9,11,14,18H,5-8,10H2,1-4H3. The minimum atomic E-state index is -0.459. The van der Waals surface area contributed by atoms with Crippen LogP contribution in [0, 0.1) is 12.8 Å². The molecular weight excluding hydrogens is 240 g/mol. The molecule has 4 heteroatoms. The van der Waals surface area contributed by atoms with Crippen LogP contribution in [0.3, 0.4) is 0 Å². The normalized spacial score (nSPS) is 29.4. The summed E-state index contributed by atoms with van der Waals surface area (Å²) in [4.78, 5) is 0. The molecule has 2 rings (SSSR count). The number of aryl methyl sites for hydroxylation is 2. The minimum absolute atomic E-state index is 0.370. The number of aliphatic hydroxyl groups is 1. The summed E-state index contributed by atoms with van der Waals surface area (Å²) in [5.74, 6) is 0.745. The molecule has 1 aliphatic carbocycles. The highest BCUT2D eigenvalue weighted by molar-refractivity contribution is 5.11. The average molecular weight is 266 g/mol. The molecule has 1 unspecified atom stereocenters. The van der Waals surface area contributed by atoms with E-state index in [4.69, 9.17) is 4.74 Å². The van der Waals surface area contributed by atoms with Crippen LogP contribution >= 0.6 is 0 Å². The third-order valence-corrected chi connectivity index (χ3v) is 4.64. The second-order valence-electron chi connectivity index (χ2n) is 6.07. The molecule has 0 saturated heterocycles. The number of hydrogen-bond donors (Lipinski definition) is 1. The molecular formula is C15H26N2O2. The lowest BCUT2D eigenvalue weighted by molar-refractivity contribution is -0.127. The molecule has 0 aromatic carbocycles. The first-order valence-electron chi connectivity index (χ1n) is 7.19. The molecule has 0 amide bonds. The Morgan fingerprint density at radius 1 is 1.53 bits per heavy atom. The Bertz CT molecular complexity index is 420. The SMILES string of the molecule is COC1(C(O)Cc2cc(C)nn2C)CCC(C)CC1. The first-order valence-corrected chi connectivity index (χ1v) is 7.19. The van der Waals surface area contributed by atoms with Gasteiger partial charge in [0.1, 0.15) is 0 Å². The molecule has 1 fully saturated rings. The summed E-state index contributed by atoms with van der Waals surface area (Å²) in [6.07, 6.45) is 4.31. The molecule has 1 N–H and O–H groups in total. The van der Waals surface area contributed by atoms with Crippen LogP contribution in [-0.4, -0.2) is 33.7 Å². The van der Waals surface area contributed by atoms with Crippen LogP contribution in [0.5, 0.6) is 0 Å². The lowest BCUT2D eigenvalue weighted by Gasteiger charge is -2.41. The number of ether oxygens (including phenoxy) is 1. The topological polar surface area (TPSA) is 47.3 Å². The van der Waals surface area contributed by atoms with E-state index in [2.05, 4.69) is 12.0 Å². The largest absolute Gasteiger partial charge is 0.390 e. The molecule has 1 saturated carbocycles. The van der Waals surface area contributed by atoms with Crippen molar-refractivity contribution in [2.24, 2.45) is 13.0 Å². The Kier molecular flexibility index (Phi) is 4.31. The Labute approximate surface area is 115 Å². The van der Waals surface area contributed by atoms with Gasteiger partial charge in [-0.05, 0) is 44.6 Å². The Balaban J connectivity index is 2.08. The predicted octanol–water partition coefficient (Wildman–Crippen LogP) is 2.23. The van der Waals surface area contributed by atoms with Gasteiger partial charge in [0.25, 0.3) is 0 Å². The van der Waals surface area contributed by atoms with E-state index >= 15 is 0 Å². The molecule has 0 bridgehead atoms. The summed E-state index contributed by atoms with van der Waals surface area (Å²) in [6.45, 7) is 4.25. The fourth-order valence-electron chi connectivity index (χ4n) is 3.16. The van der Waals surface area contributed by atoms with Crippen LogP contribution in [0.4, 0.5) is 0 Å². The highest BCUT2D eigenvalue weighted by Crippen LogP contribution is 2.37. The zero-order valence-electron chi connectivity index (χ0n) is 12.5. The molecule has 1 heterocycles. The monoisotopic (exact) mass is 266 g/mol. The van der Waals surface area contributed by atoms with E-state index in [1.165, 1.54) is 0 Å². The predicted molar refractivity (Wildman–Crippen MR) is 75.0 cm³/mol. The summed E-state index contributed by atoms with van der Waals surface area (Å²) in [5, 5.41) is 15.0. The molecule has 19 heavy (non-hydrogen) atoms. The molecule has 4 nitrogen and oxygen atoms in total. The van der Waals surface area contributed by atoms with Gasteiger partial charge in [0.05, 0.1) is 17.4 Å². The average Bonchev–Trinajstić information content (AvgIpc) is 2.69. The van der Waals surface area contributed by atoms with Gasteiger partial charge in [-0.2, -0.15) is 5.10 Å². The quantitative estimate of drug-likeness (QED) is 0.909. The summed E-state index contributed by atoms with van der Waals surface area (Å²) in [6, 6.07) is 2.04. The molecule has 0 radical (unpaired) electrons. The van der Waals surface area contributed by atoms with Crippen LogP contribution in [0.25, 0.3) is 0 Å². The van der Waals surface area contributed by atoms with E-state index in [0.717, 1.165) is 43.0 Å². The maximum atomic E-state index is 10.6. The third kappa shape index (κ3) is 3.00. The Hall–Kier alpha value is -0.870. The zero-order chi connectivity index (χ0) is 14.0. The summed E-state index contributed by atoms with van der Waals surface area (Å²) < 4.78 is 7.58. The number of methoxy groups -OCH3 is 1. The van der Waals surface area contributed by atoms with E-state index in [1.807, 2.05) is 24.7 Å². The Morgan fingerprint density at radius 3 is 2.63 bits per heavy atom. The van der Waals surface area contributed by atoms with Crippen LogP contribution in [0.1, 0.15) is 44.0 Å². The van der Waals surface area contributed by atoms with Crippen LogP contribution in [0.15, 0.2) is 6.07 Å². The number of aromatic nitrogens is 2. The fraction of sp³-hybridized carbons (Fsp3) is 0.800. The van der Waals surface area contributed by atoms with Crippen molar-refractivity contribution in [2.45, 2.75) is 57.7 Å². The van der Waals surface area contributed by atoms with Gasteiger partial charge in [0, 0.05) is 26.3 Å². The number of aliphatic hydroxyl groups excluding tert-OH is 1. The smallest absolute Gasteiger partial charge is 0.0940 e. The summed E-state index contributed by atoms with van der Waals surface area (Å²) in [5.41, 5.74) is 1.69. The van der Waals surface area contributed by atoms with Crippen molar-refractivity contribution in [2.75, 3.05) is 7.11 Å². The van der Waals surface area contributed by atoms with Crippen LogP contribution < -0.4 is 0 Å². The van der Waals surface area contributed by atoms with Crippen LogP contribution in [-0.2, 0) is 18.2 Å². The first-order chi connectivity index (χ1) is 8.97. The van der Waals surface area contributed by atoms with Gasteiger partial charge in [0.2, 0.25) is 0 Å². The van der Waals surface area contributed by atoms with Gasteiger partial charge in [-0.3, -0.25) is 4.68 Å². The second-order valence-corrected chi connectivity index (χ2v) is 6.07. The molecule has 0 spiro atoms. The van der Waals surface area contributed by atoms with Crippen molar-refractivity contribution in [3.63, 3.8) is 0 Å². The number of nitrogens with zero attached hydrogens (tertiary/aromatic N) is 2. The van der Waals surface area contributed by atoms with Crippen molar-refractivity contribution in [1.82, 2.24) is 9.78 Å². The molecule has 1 aromatic rings. The van der Waals surface area contributed by atoms with E-state index in [0.29, 0.717) is 6.42 Å². The molecule has 1 aromatic heterocycles. The van der Waals surface area contributed by atoms with Crippen molar-refractivity contribution >= 4 is 0 Å². The van der Waals surface area contributed by atoms with Gasteiger partial charge in [-0.15, -0.1) is 0 Å². The summed E-state index contributed by atoms with van der Waals surface area (Å²) >= 11 is 0. The summed E-state index contributed by atoms with van der Waals surface area (Å²) in [7, 11) is 3.66. The lowest BCUT2D eigenvalue weighted by atomic mass is 9.75. The van der Waals surface area contributed by atoms with Crippen molar-refractivity contribution < 1.29 is 9.84 Å². The number of rotatable bonds is 4. The lowest BCUT2D eigenvalue weighted by Crippen LogP contribution is -2.48. The molecule has 108 valence electrons. The molecule has 1 aliphatic rings. The van der Waals surface area contributed by atoms with E-state index in [9.17, 15) is 5.11 Å². The van der Waals surface area contributed by atoms with Gasteiger partial charge >= 0.3 is 0 Å². The van der Waals surface area contributed by atoms with Crippen molar-refractivity contribution in [3.8, 4) is 0 Å². The highest BCUT2D eigenvalue weighted by Gasteiger charge is 2.41. The van der Waals surface area contributed by atoms with Gasteiger partial charge in [0.15, 0.2) is 0 Å². The molecule has 0 aliphatic heterocycles. The minimum Gasteiger partial charge on any atom is -0.390 e. The highest BCUT2D eigenvalue weighted by atomic mass is 16.5. The van der Waals surface area contributed by atoms with Crippen molar-refractivity contribution in [3.05, 3.63) is 17.5 Å². The second kappa shape index (κ2) is 5.63. The maximum absolute atomic E-state index is 10.6. The van der Waals surface area contributed by atoms with Crippen LogP contribution in [0.2, 0.25) is 0 Å². The number of hydrogen-bond acceptors (Lipinski definition) is 3. The third-order valence-electron chi connectivity index (χ3n) is 4.64. The van der Waals surface area contributed by atoms with Crippen molar-refractivity contribution in [1.29, 1.82) is 0 Å². The Morgan fingerprint density at radius 2 is 2.16 bits per heavy atom. The van der Waals surface area contributed by atoms with Gasteiger partial charge < -0.3 is 9.84 Å². The zero-order valence-corrected chi connectivity index (χ0v) is 12.5. The first kappa shape index (κ1) is 14.5. The van der Waals surface area contributed by atoms with Gasteiger partial charge in [-0.1, -0.05) is 6.92 Å².